The van der Waals surface area contributed by atoms with Crippen molar-refractivity contribution >= 4 is 5.91 Å². The minimum atomic E-state index is -0.197. The fourth-order valence-corrected chi connectivity index (χ4v) is 2.86. The molecule has 7 heteroatoms. The van der Waals surface area contributed by atoms with Crippen molar-refractivity contribution in [1.82, 2.24) is 20.4 Å². The lowest BCUT2D eigenvalue weighted by atomic mass is 10.1. The Hall–Kier alpha value is -2.12. The molecular weight excluding hydrogens is 320 g/mol. The molecule has 0 aromatic carbocycles. The molecule has 0 radical (unpaired) electrons. The zero-order valence-electron chi connectivity index (χ0n) is 14.9. The van der Waals surface area contributed by atoms with Crippen molar-refractivity contribution in [2.24, 2.45) is 5.92 Å². The third-order valence-corrected chi connectivity index (χ3v) is 4.12. The number of nitrogens with one attached hydrogen (secondary N) is 2. The summed E-state index contributed by atoms with van der Waals surface area (Å²) in [7, 11) is 0. The number of aromatic amines is 1. The molecule has 0 spiro atoms. The van der Waals surface area contributed by atoms with E-state index in [4.69, 9.17) is 9.15 Å². The highest BCUT2D eigenvalue weighted by Crippen LogP contribution is 2.12. The lowest BCUT2D eigenvalue weighted by molar-refractivity contribution is 0.0312. The first-order valence-electron chi connectivity index (χ1n) is 8.80. The molecule has 0 saturated carbocycles. The SMILES string of the molecule is CC(C)Cc1cc(C(=O)NCc2ccc(CN3CCOCC3)o2)n[nH]1. The van der Waals surface area contributed by atoms with Gasteiger partial charge in [-0.1, -0.05) is 13.8 Å². The number of amides is 1. The smallest absolute Gasteiger partial charge is 0.272 e. The number of morpholine rings is 1. The zero-order valence-corrected chi connectivity index (χ0v) is 14.9. The van der Waals surface area contributed by atoms with Gasteiger partial charge in [0.15, 0.2) is 0 Å². The van der Waals surface area contributed by atoms with Crippen LogP contribution in [0, 0.1) is 5.92 Å². The topological polar surface area (TPSA) is 83.4 Å². The summed E-state index contributed by atoms with van der Waals surface area (Å²) in [5.41, 5.74) is 1.39. The van der Waals surface area contributed by atoms with Crippen LogP contribution in [-0.4, -0.2) is 47.3 Å². The number of ether oxygens (including phenoxy) is 1. The summed E-state index contributed by atoms with van der Waals surface area (Å²) in [4.78, 5) is 14.5. The molecular formula is C18H26N4O3. The van der Waals surface area contributed by atoms with E-state index in [9.17, 15) is 4.79 Å². The average molecular weight is 346 g/mol. The van der Waals surface area contributed by atoms with Gasteiger partial charge in [-0.3, -0.25) is 14.8 Å². The summed E-state index contributed by atoms with van der Waals surface area (Å²) in [5.74, 6) is 1.97. The Morgan fingerprint density at radius 1 is 1.32 bits per heavy atom. The Bertz CT molecular complexity index is 686. The molecule has 2 aromatic rings. The lowest BCUT2D eigenvalue weighted by Crippen LogP contribution is -2.35. The Morgan fingerprint density at radius 3 is 2.84 bits per heavy atom. The number of H-pyrrole nitrogens is 1. The van der Waals surface area contributed by atoms with Crippen LogP contribution in [0.15, 0.2) is 22.6 Å². The van der Waals surface area contributed by atoms with Gasteiger partial charge in [-0.2, -0.15) is 5.10 Å². The van der Waals surface area contributed by atoms with Crippen LogP contribution in [0.2, 0.25) is 0 Å². The van der Waals surface area contributed by atoms with Crippen LogP contribution < -0.4 is 5.32 Å². The number of carbonyl (C=O) groups is 1. The Kier molecular flexibility index (Phi) is 5.88. The van der Waals surface area contributed by atoms with E-state index in [1.54, 1.807) is 6.07 Å². The number of rotatable bonds is 7. The molecule has 2 N–H and O–H groups in total. The van der Waals surface area contributed by atoms with Crippen molar-refractivity contribution in [2.75, 3.05) is 26.3 Å². The van der Waals surface area contributed by atoms with E-state index in [0.29, 0.717) is 18.2 Å². The molecule has 0 atom stereocenters. The van der Waals surface area contributed by atoms with Crippen molar-refractivity contribution in [1.29, 1.82) is 0 Å². The average Bonchev–Trinajstić information content (AvgIpc) is 3.23. The van der Waals surface area contributed by atoms with Gasteiger partial charge in [0.25, 0.3) is 5.91 Å². The molecule has 3 rings (SSSR count). The molecule has 1 aliphatic heterocycles. The molecule has 0 aliphatic carbocycles. The van der Waals surface area contributed by atoms with Gasteiger partial charge in [-0.05, 0) is 30.5 Å². The number of nitrogens with zero attached hydrogens (tertiary/aromatic N) is 2. The van der Waals surface area contributed by atoms with Crippen LogP contribution in [0.1, 0.15) is 41.6 Å². The predicted octanol–water partition coefficient (Wildman–Crippen LogP) is 1.96. The summed E-state index contributed by atoms with van der Waals surface area (Å²) in [6.45, 7) is 8.77. The van der Waals surface area contributed by atoms with Gasteiger partial charge in [0.2, 0.25) is 0 Å². The third kappa shape index (κ3) is 5.17. The standard InChI is InChI=1S/C18H26N4O3/c1-13(2)9-14-10-17(21-20-14)18(23)19-11-15-3-4-16(25-15)12-22-5-7-24-8-6-22/h3-4,10,13H,5-9,11-12H2,1-2H3,(H,19,23)(H,20,21). The van der Waals surface area contributed by atoms with E-state index in [1.165, 1.54) is 0 Å². The number of hydrogen-bond acceptors (Lipinski definition) is 5. The van der Waals surface area contributed by atoms with Gasteiger partial charge < -0.3 is 14.5 Å². The largest absolute Gasteiger partial charge is 0.463 e. The highest BCUT2D eigenvalue weighted by atomic mass is 16.5. The van der Waals surface area contributed by atoms with E-state index in [2.05, 4.69) is 34.3 Å². The molecule has 1 aliphatic rings. The normalized spacial score (nSPS) is 15.6. The minimum Gasteiger partial charge on any atom is -0.463 e. The fraction of sp³-hybridized carbons (Fsp3) is 0.556. The second kappa shape index (κ2) is 8.31. The van der Waals surface area contributed by atoms with E-state index in [1.807, 2.05) is 12.1 Å². The van der Waals surface area contributed by atoms with Gasteiger partial charge in [0, 0.05) is 18.8 Å². The number of aromatic nitrogens is 2. The molecule has 2 aromatic heterocycles. The van der Waals surface area contributed by atoms with Gasteiger partial charge in [-0.25, -0.2) is 0 Å². The van der Waals surface area contributed by atoms with Crippen molar-refractivity contribution in [3.8, 4) is 0 Å². The molecule has 0 unspecified atom stereocenters. The quantitative estimate of drug-likeness (QED) is 0.801. The van der Waals surface area contributed by atoms with Crippen LogP contribution in [-0.2, 0) is 24.2 Å². The summed E-state index contributed by atoms with van der Waals surface area (Å²) in [6.07, 6.45) is 0.878. The lowest BCUT2D eigenvalue weighted by Gasteiger charge is -2.25. The number of hydrogen-bond donors (Lipinski definition) is 2. The van der Waals surface area contributed by atoms with Gasteiger partial charge in [0.05, 0.1) is 26.3 Å². The van der Waals surface area contributed by atoms with Gasteiger partial charge >= 0.3 is 0 Å². The van der Waals surface area contributed by atoms with Crippen LogP contribution in [0.4, 0.5) is 0 Å². The van der Waals surface area contributed by atoms with Crippen molar-refractivity contribution in [2.45, 2.75) is 33.4 Å². The summed E-state index contributed by atoms with van der Waals surface area (Å²) < 4.78 is 11.1. The molecule has 7 nitrogen and oxygen atoms in total. The van der Waals surface area contributed by atoms with Crippen molar-refractivity contribution in [3.05, 3.63) is 41.1 Å². The van der Waals surface area contributed by atoms with Gasteiger partial charge in [-0.15, -0.1) is 0 Å². The first-order valence-corrected chi connectivity index (χ1v) is 8.80. The van der Waals surface area contributed by atoms with Crippen LogP contribution >= 0.6 is 0 Å². The van der Waals surface area contributed by atoms with Crippen LogP contribution in [0.25, 0.3) is 0 Å². The maximum atomic E-state index is 12.2. The van der Waals surface area contributed by atoms with E-state index < -0.39 is 0 Å². The van der Waals surface area contributed by atoms with Crippen molar-refractivity contribution < 1.29 is 13.9 Å². The van der Waals surface area contributed by atoms with Crippen LogP contribution in [0.3, 0.4) is 0 Å². The van der Waals surface area contributed by atoms with E-state index in [-0.39, 0.29) is 5.91 Å². The van der Waals surface area contributed by atoms with Crippen molar-refractivity contribution in [3.63, 3.8) is 0 Å². The molecule has 0 bridgehead atoms. The van der Waals surface area contributed by atoms with Gasteiger partial charge in [0.1, 0.15) is 17.2 Å². The fourth-order valence-electron chi connectivity index (χ4n) is 2.86. The molecule has 1 amide bonds. The second-order valence-electron chi connectivity index (χ2n) is 6.82. The first-order chi connectivity index (χ1) is 12.1. The first kappa shape index (κ1) is 17.7. The Labute approximate surface area is 147 Å². The predicted molar refractivity (Wildman–Crippen MR) is 93.1 cm³/mol. The second-order valence-corrected chi connectivity index (χ2v) is 6.82. The molecule has 25 heavy (non-hydrogen) atoms. The highest BCUT2D eigenvalue weighted by molar-refractivity contribution is 5.92. The zero-order chi connectivity index (χ0) is 17.6. The van der Waals surface area contributed by atoms with Crippen LogP contribution in [0.5, 0.6) is 0 Å². The molecule has 1 saturated heterocycles. The Balaban J connectivity index is 1.48. The summed E-state index contributed by atoms with van der Waals surface area (Å²) in [6, 6.07) is 5.68. The minimum absolute atomic E-state index is 0.197. The third-order valence-electron chi connectivity index (χ3n) is 4.12. The molecule has 1 fully saturated rings. The van der Waals surface area contributed by atoms with E-state index in [0.717, 1.165) is 56.5 Å². The maximum Gasteiger partial charge on any atom is 0.272 e. The number of carbonyl (C=O) groups excluding carboxylic acids is 1. The Morgan fingerprint density at radius 2 is 2.08 bits per heavy atom. The van der Waals surface area contributed by atoms with E-state index >= 15 is 0 Å². The summed E-state index contributed by atoms with van der Waals surface area (Å²) >= 11 is 0. The number of furan rings is 1. The maximum absolute atomic E-state index is 12.2. The molecule has 136 valence electrons. The summed E-state index contributed by atoms with van der Waals surface area (Å²) in [5, 5.41) is 9.84. The monoisotopic (exact) mass is 346 g/mol. The highest BCUT2D eigenvalue weighted by Gasteiger charge is 2.14. The molecule has 3 heterocycles.